The Hall–Kier alpha value is -1.26. The van der Waals surface area contributed by atoms with Gasteiger partial charge in [-0.25, -0.2) is 4.98 Å². The SMILES string of the molecule is C[C@H](O)[C@@H](N)c1cccc(C=O)n1. The summed E-state index contributed by atoms with van der Waals surface area (Å²) in [6, 6.07) is 4.42. The molecule has 0 fully saturated rings. The molecule has 1 aromatic rings. The van der Waals surface area contributed by atoms with Gasteiger partial charge in [-0.1, -0.05) is 6.07 Å². The van der Waals surface area contributed by atoms with Crippen LogP contribution in [0.4, 0.5) is 0 Å². The molecular formula is C9H12N2O2. The van der Waals surface area contributed by atoms with Gasteiger partial charge in [0.1, 0.15) is 5.69 Å². The number of carbonyl (C=O) groups excluding carboxylic acids is 1. The number of aliphatic hydroxyl groups excluding tert-OH is 1. The van der Waals surface area contributed by atoms with E-state index >= 15 is 0 Å². The summed E-state index contributed by atoms with van der Waals surface area (Å²) in [5.41, 5.74) is 6.49. The number of rotatable bonds is 3. The third-order valence-corrected chi connectivity index (χ3v) is 1.77. The molecule has 4 heteroatoms. The number of aliphatic hydroxyl groups is 1. The van der Waals surface area contributed by atoms with Crippen LogP contribution in [-0.2, 0) is 0 Å². The summed E-state index contributed by atoms with van der Waals surface area (Å²) in [7, 11) is 0. The predicted molar refractivity (Wildman–Crippen MR) is 48.2 cm³/mol. The van der Waals surface area contributed by atoms with Crippen LogP contribution < -0.4 is 5.73 Å². The minimum absolute atomic E-state index is 0.327. The Labute approximate surface area is 76.4 Å². The Morgan fingerprint density at radius 1 is 1.62 bits per heavy atom. The van der Waals surface area contributed by atoms with E-state index < -0.39 is 12.1 Å². The molecule has 0 radical (unpaired) electrons. The van der Waals surface area contributed by atoms with Gasteiger partial charge in [0.15, 0.2) is 6.29 Å². The highest BCUT2D eigenvalue weighted by Crippen LogP contribution is 2.11. The van der Waals surface area contributed by atoms with Crippen molar-refractivity contribution in [2.45, 2.75) is 19.1 Å². The fraction of sp³-hybridized carbons (Fsp3) is 0.333. The van der Waals surface area contributed by atoms with Gasteiger partial charge in [0.25, 0.3) is 0 Å². The van der Waals surface area contributed by atoms with Gasteiger partial charge in [-0.15, -0.1) is 0 Å². The van der Waals surface area contributed by atoms with Gasteiger partial charge >= 0.3 is 0 Å². The maximum Gasteiger partial charge on any atom is 0.168 e. The van der Waals surface area contributed by atoms with Crippen LogP contribution in [-0.4, -0.2) is 22.5 Å². The standard InChI is InChI=1S/C9H12N2O2/c1-6(13)9(10)8-4-2-3-7(5-12)11-8/h2-6,9,13H,10H2,1H3/t6-,9+/m0/s1. The molecule has 0 saturated carbocycles. The van der Waals surface area contributed by atoms with E-state index in [4.69, 9.17) is 5.73 Å². The second-order valence-corrected chi connectivity index (χ2v) is 2.87. The summed E-state index contributed by atoms with van der Waals surface area (Å²) in [6.45, 7) is 1.58. The molecule has 0 unspecified atom stereocenters. The van der Waals surface area contributed by atoms with E-state index in [2.05, 4.69) is 4.98 Å². The highest BCUT2D eigenvalue weighted by Gasteiger charge is 2.13. The average Bonchev–Trinajstić information content (AvgIpc) is 2.16. The van der Waals surface area contributed by atoms with E-state index in [1.165, 1.54) is 0 Å². The quantitative estimate of drug-likeness (QED) is 0.655. The maximum absolute atomic E-state index is 10.4. The molecule has 0 aliphatic carbocycles. The number of aromatic nitrogens is 1. The van der Waals surface area contributed by atoms with Crippen LogP contribution >= 0.6 is 0 Å². The Morgan fingerprint density at radius 2 is 2.31 bits per heavy atom. The maximum atomic E-state index is 10.4. The molecule has 0 spiro atoms. The molecule has 0 aromatic carbocycles. The lowest BCUT2D eigenvalue weighted by molar-refractivity contribution is 0.111. The number of nitrogens with two attached hydrogens (primary N) is 1. The monoisotopic (exact) mass is 180 g/mol. The number of hydrogen-bond donors (Lipinski definition) is 2. The molecule has 3 N–H and O–H groups in total. The first-order valence-corrected chi connectivity index (χ1v) is 4.01. The van der Waals surface area contributed by atoms with Gasteiger partial charge in [0, 0.05) is 0 Å². The van der Waals surface area contributed by atoms with Crippen molar-refractivity contribution in [3.63, 3.8) is 0 Å². The van der Waals surface area contributed by atoms with E-state index in [0.29, 0.717) is 17.7 Å². The molecule has 0 amide bonds. The van der Waals surface area contributed by atoms with Crippen LogP contribution in [0.1, 0.15) is 29.1 Å². The second-order valence-electron chi connectivity index (χ2n) is 2.87. The molecule has 1 rings (SSSR count). The lowest BCUT2D eigenvalue weighted by Gasteiger charge is -2.13. The van der Waals surface area contributed by atoms with Gasteiger partial charge < -0.3 is 10.8 Å². The topological polar surface area (TPSA) is 76.2 Å². The highest BCUT2D eigenvalue weighted by atomic mass is 16.3. The van der Waals surface area contributed by atoms with Crippen molar-refractivity contribution in [3.05, 3.63) is 29.6 Å². The molecule has 0 bridgehead atoms. The average molecular weight is 180 g/mol. The minimum atomic E-state index is -0.672. The fourth-order valence-corrected chi connectivity index (χ4v) is 0.967. The van der Waals surface area contributed by atoms with Crippen LogP contribution in [0, 0.1) is 0 Å². The van der Waals surface area contributed by atoms with E-state index in [-0.39, 0.29) is 0 Å². The van der Waals surface area contributed by atoms with Crippen LogP contribution in [0.2, 0.25) is 0 Å². The molecule has 4 nitrogen and oxygen atoms in total. The van der Waals surface area contributed by atoms with Crippen molar-refractivity contribution < 1.29 is 9.90 Å². The van der Waals surface area contributed by atoms with Gasteiger partial charge in [0.2, 0.25) is 0 Å². The summed E-state index contributed by atoms with van der Waals surface area (Å²) < 4.78 is 0. The number of aldehydes is 1. The summed E-state index contributed by atoms with van der Waals surface area (Å²) in [4.78, 5) is 14.3. The molecule has 1 aromatic heterocycles. The zero-order chi connectivity index (χ0) is 9.84. The van der Waals surface area contributed by atoms with Crippen molar-refractivity contribution in [2.24, 2.45) is 5.73 Å². The van der Waals surface area contributed by atoms with E-state index in [0.717, 1.165) is 0 Å². The molecule has 70 valence electrons. The fourth-order valence-electron chi connectivity index (χ4n) is 0.967. The molecule has 0 aliphatic rings. The van der Waals surface area contributed by atoms with Crippen molar-refractivity contribution in [2.75, 3.05) is 0 Å². The zero-order valence-corrected chi connectivity index (χ0v) is 7.34. The van der Waals surface area contributed by atoms with Crippen molar-refractivity contribution in [1.82, 2.24) is 4.98 Å². The Balaban J connectivity index is 2.94. The summed E-state index contributed by atoms with van der Waals surface area (Å²) in [6.07, 6.45) is -0.0208. The van der Waals surface area contributed by atoms with Gasteiger partial charge in [0.05, 0.1) is 17.8 Å². The van der Waals surface area contributed by atoms with Crippen LogP contribution in [0.5, 0.6) is 0 Å². The molecule has 13 heavy (non-hydrogen) atoms. The zero-order valence-electron chi connectivity index (χ0n) is 7.34. The lowest BCUT2D eigenvalue weighted by Crippen LogP contribution is -2.24. The first-order valence-electron chi connectivity index (χ1n) is 4.01. The highest BCUT2D eigenvalue weighted by molar-refractivity contribution is 5.71. The molecule has 0 saturated heterocycles. The Bertz CT molecular complexity index is 299. The predicted octanol–water partition coefficient (Wildman–Crippen LogP) is 0.275. The normalized spacial score (nSPS) is 15.0. The first-order chi connectivity index (χ1) is 6.15. The second kappa shape index (κ2) is 4.11. The van der Waals surface area contributed by atoms with Crippen molar-refractivity contribution in [1.29, 1.82) is 0 Å². The number of pyridine rings is 1. The van der Waals surface area contributed by atoms with E-state index in [9.17, 15) is 9.90 Å². The van der Waals surface area contributed by atoms with E-state index in [1.54, 1.807) is 25.1 Å². The third-order valence-electron chi connectivity index (χ3n) is 1.77. The molecule has 2 atom stereocenters. The molecular weight excluding hydrogens is 168 g/mol. The first kappa shape index (κ1) is 9.83. The number of hydrogen-bond acceptors (Lipinski definition) is 4. The van der Waals surface area contributed by atoms with Gasteiger partial charge in [-0.3, -0.25) is 4.79 Å². The number of carbonyl (C=O) groups is 1. The smallest absolute Gasteiger partial charge is 0.168 e. The van der Waals surface area contributed by atoms with Crippen LogP contribution in [0.3, 0.4) is 0 Å². The third kappa shape index (κ3) is 2.34. The van der Waals surface area contributed by atoms with E-state index in [1.807, 2.05) is 0 Å². The van der Waals surface area contributed by atoms with Gasteiger partial charge in [-0.05, 0) is 19.1 Å². The van der Waals surface area contributed by atoms with Gasteiger partial charge in [-0.2, -0.15) is 0 Å². The Kier molecular flexibility index (Phi) is 3.11. The minimum Gasteiger partial charge on any atom is -0.391 e. The summed E-state index contributed by atoms with van der Waals surface area (Å²) in [5.74, 6) is 0. The number of nitrogens with zero attached hydrogens (tertiary/aromatic N) is 1. The summed E-state index contributed by atoms with van der Waals surface area (Å²) >= 11 is 0. The van der Waals surface area contributed by atoms with Crippen LogP contribution in [0.15, 0.2) is 18.2 Å². The van der Waals surface area contributed by atoms with Crippen molar-refractivity contribution >= 4 is 6.29 Å². The Morgan fingerprint density at radius 3 is 2.85 bits per heavy atom. The lowest BCUT2D eigenvalue weighted by atomic mass is 10.1. The molecule has 0 aliphatic heterocycles. The van der Waals surface area contributed by atoms with Crippen molar-refractivity contribution in [3.8, 4) is 0 Å². The molecule has 1 heterocycles. The largest absolute Gasteiger partial charge is 0.391 e. The van der Waals surface area contributed by atoms with Crippen LogP contribution in [0.25, 0.3) is 0 Å². The summed E-state index contributed by atoms with van der Waals surface area (Å²) in [5, 5.41) is 9.18.